The molecule has 3 amide bonds. The molecule has 1 aliphatic heterocycles. The molecule has 126 valence electrons. The number of urea groups is 1. The molecule has 5 nitrogen and oxygen atoms in total. The van der Waals surface area contributed by atoms with Crippen LogP contribution in [0.2, 0.25) is 0 Å². The fourth-order valence-corrected chi connectivity index (χ4v) is 2.88. The monoisotopic (exact) mass is 317 g/mol. The van der Waals surface area contributed by atoms with E-state index in [1.807, 2.05) is 42.2 Å². The minimum atomic E-state index is -0.217. The van der Waals surface area contributed by atoms with E-state index in [-0.39, 0.29) is 18.0 Å². The Morgan fingerprint density at radius 2 is 2.04 bits per heavy atom. The van der Waals surface area contributed by atoms with Crippen LogP contribution in [0.4, 0.5) is 4.79 Å². The Hall–Kier alpha value is -2.04. The Bertz CT molecular complexity index is 504. The van der Waals surface area contributed by atoms with E-state index in [1.165, 1.54) is 0 Å². The fourth-order valence-electron chi connectivity index (χ4n) is 2.88. The number of hydrogen-bond donors (Lipinski definition) is 2. The predicted octanol–water partition coefficient (Wildman–Crippen LogP) is 2.84. The summed E-state index contributed by atoms with van der Waals surface area (Å²) in [7, 11) is 0. The van der Waals surface area contributed by atoms with Gasteiger partial charge in [-0.2, -0.15) is 0 Å². The first-order valence-corrected chi connectivity index (χ1v) is 8.58. The van der Waals surface area contributed by atoms with Gasteiger partial charge in [-0.3, -0.25) is 4.79 Å². The lowest BCUT2D eigenvalue weighted by atomic mass is 10.0. The van der Waals surface area contributed by atoms with Crippen LogP contribution in [-0.4, -0.2) is 36.5 Å². The van der Waals surface area contributed by atoms with Crippen molar-refractivity contribution in [3.05, 3.63) is 35.9 Å². The molecule has 5 heteroatoms. The van der Waals surface area contributed by atoms with Gasteiger partial charge in [-0.1, -0.05) is 37.3 Å². The zero-order valence-corrected chi connectivity index (χ0v) is 13.9. The van der Waals surface area contributed by atoms with Crippen LogP contribution in [0.3, 0.4) is 0 Å². The van der Waals surface area contributed by atoms with E-state index in [0.29, 0.717) is 19.5 Å². The second kappa shape index (κ2) is 9.18. The van der Waals surface area contributed by atoms with Crippen molar-refractivity contribution in [1.82, 2.24) is 15.5 Å². The summed E-state index contributed by atoms with van der Waals surface area (Å²) in [5.74, 6) is 0.00837. The van der Waals surface area contributed by atoms with Gasteiger partial charge in [-0.25, -0.2) is 4.79 Å². The molecule has 2 N–H and O–H groups in total. The Morgan fingerprint density at radius 3 is 2.78 bits per heavy atom. The van der Waals surface area contributed by atoms with Crippen molar-refractivity contribution < 1.29 is 9.59 Å². The van der Waals surface area contributed by atoms with Crippen LogP contribution in [0.25, 0.3) is 0 Å². The number of hydrogen-bond acceptors (Lipinski definition) is 2. The lowest BCUT2D eigenvalue weighted by Gasteiger charge is -2.33. The first kappa shape index (κ1) is 17.3. The number of rotatable bonds is 3. The Morgan fingerprint density at radius 1 is 1.26 bits per heavy atom. The maximum Gasteiger partial charge on any atom is 0.317 e. The molecule has 1 heterocycles. The number of nitrogens with zero attached hydrogens (tertiary/aromatic N) is 1. The Labute approximate surface area is 138 Å². The van der Waals surface area contributed by atoms with Gasteiger partial charge in [-0.05, 0) is 31.2 Å². The van der Waals surface area contributed by atoms with E-state index in [4.69, 9.17) is 0 Å². The third-order valence-corrected chi connectivity index (χ3v) is 4.12. The number of carbonyl (C=O) groups excluding carboxylic acids is 2. The average molecular weight is 317 g/mol. The minimum Gasteiger partial charge on any atom is -0.356 e. The number of benzene rings is 1. The van der Waals surface area contributed by atoms with Crippen molar-refractivity contribution in [2.75, 3.05) is 19.6 Å². The molecule has 1 fully saturated rings. The minimum absolute atomic E-state index is 0.00837. The van der Waals surface area contributed by atoms with E-state index < -0.39 is 0 Å². The maximum atomic E-state index is 12.6. The zero-order valence-electron chi connectivity index (χ0n) is 13.9. The third-order valence-electron chi connectivity index (χ3n) is 4.12. The van der Waals surface area contributed by atoms with Crippen LogP contribution in [0.5, 0.6) is 0 Å². The molecule has 2 rings (SSSR count). The summed E-state index contributed by atoms with van der Waals surface area (Å²) in [6.45, 7) is 4.10. The van der Waals surface area contributed by atoms with Crippen LogP contribution in [-0.2, 0) is 4.79 Å². The third kappa shape index (κ3) is 5.27. The normalized spacial score (nSPS) is 19.8. The molecule has 0 spiro atoms. The second-order valence-corrected chi connectivity index (χ2v) is 5.97. The van der Waals surface area contributed by atoms with E-state index >= 15 is 0 Å². The van der Waals surface area contributed by atoms with Crippen LogP contribution >= 0.6 is 0 Å². The van der Waals surface area contributed by atoms with Gasteiger partial charge in [-0.15, -0.1) is 0 Å². The van der Waals surface area contributed by atoms with Gasteiger partial charge in [0.25, 0.3) is 0 Å². The topological polar surface area (TPSA) is 61.4 Å². The van der Waals surface area contributed by atoms with Gasteiger partial charge in [0.05, 0.1) is 12.5 Å². The lowest BCUT2D eigenvalue weighted by molar-refractivity contribution is -0.122. The summed E-state index contributed by atoms with van der Waals surface area (Å²) in [4.78, 5) is 26.6. The van der Waals surface area contributed by atoms with Crippen molar-refractivity contribution in [2.24, 2.45) is 0 Å². The van der Waals surface area contributed by atoms with Gasteiger partial charge in [0.15, 0.2) is 0 Å². The molecular formula is C18H27N3O2. The second-order valence-electron chi connectivity index (χ2n) is 5.97. The lowest BCUT2D eigenvalue weighted by Crippen LogP contribution is -2.45. The van der Waals surface area contributed by atoms with E-state index in [0.717, 1.165) is 37.8 Å². The predicted molar refractivity (Wildman–Crippen MR) is 91.1 cm³/mol. The standard InChI is InChI=1S/C18H27N3O2/c1-2-11-20-18(23)21-13-8-4-7-12-19-17(22)14-16(21)15-9-5-3-6-10-15/h3,5-6,9-10,16H,2,4,7-8,11-14H2,1H3,(H,19,22)(H,20,23). The van der Waals surface area contributed by atoms with Crippen molar-refractivity contribution in [3.8, 4) is 0 Å². The molecule has 0 bridgehead atoms. The van der Waals surface area contributed by atoms with Gasteiger partial charge in [0, 0.05) is 19.6 Å². The highest BCUT2D eigenvalue weighted by Gasteiger charge is 2.27. The van der Waals surface area contributed by atoms with Crippen LogP contribution < -0.4 is 10.6 Å². The maximum absolute atomic E-state index is 12.6. The number of amides is 3. The van der Waals surface area contributed by atoms with Crippen LogP contribution in [0.1, 0.15) is 50.6 Å². The summed E-state index contributed by atoms with van der Waals surface area (Å²) in [5.41, 5.74) is 1.01. The molecule has 23 heavy (non-hydrogen) atoms. The molecule has 1 aromatic rings. The molecule has 1 saturated heterocycles. The van der Waals surface area contributed by atoms with E-state index in [2.05, 4.69) is 10.6 Å². The SMILES string of the molecule is CCCNC(=O)N1CCCCCNC(=O)CC1c1ccccc1. The van der Waals surface area contributed by atoms with Crippen LogP contribution in [0.15, 0.2) is 30.3 Å². The summed E-state index contributed by atoms with van der Waals surface area (Å²) >= 11 is 0. The molecular weight excluding hydrogens is 290 g/mol. The highest BCUT2D eigenvalue weighted by Crippen LogP contribution is 2.25. The first-order valence-electron chi connectivity index (χ1n) is 8.58. The molecule has 1 atom stereocenters. The summed E-state index contributed by atoms with van der Waals surface area (Å²) in [6.07, 6.45) is 4.14. The molecule has 1 aliphatic rings. The average Bonchev–Trinajstić information content (AvgIpc) is 2.58. The van der Waals surface area contributed by atoms with Gasteiger partial charge >= 0.3 is 6.03 Å². The Balaban J connectivity index is 2.24. The van der Waals surface area contributed by atoms with E-state index in [1.54, 1.807) is 0 Å². The fraction of sp³-hybridized carbons (Fsp3) is 0.556. The molecule has 1 aromatic carbocycles. The highest BCUT2D eigenvalue weighted by atomic mass is 16.2. The largest absolute Gasteiger partial charge is 0.356 e. The van der Waals surface area contributed by atoms with Gasteiger partial charge in [0.1, 0.15) is 0 Å². The van der Waals surface area contributed by atoms with Crippen molar-refractivity contribution >= 4 is 11.9 Å². The smallest absolute Gasteiger partial charge is 0.317 e. The summed E-state index contributed by atoms with van der Waals surface area (Å²) in [6, 6.07) is 9.54. The van der Waals surface area contributed by atoms with Gasteiger partial charge < -0.3 is 15.5 Å². The molecule has 0 aromatic heterocycles. The summed E-state index contributed by atoms with van der Waals surface area (Å²) in [5, 5.41) is 5.91. The number of nitrogens with one attached hydrogen (secondary N) is 2. The molecule has 0 aliphatic carbocycles. The zero-order chi connectivity index (χ0) is 16.5. The summed E-state index contributed by atoms with van der Waals surface area (Å²) < 4.78 is 0. The van der Waals surface area contributed by atoms with Crippen molar-refractivity contribution in [2.45, 2.75) is 45.1 Å². The van der Waals surface area contributed by atoms with Gasteiger partial charge in [0.2, 0.25) is 5.91 Å². The Kier molecular flexibility index (Phi) is 6.91. The number of carbonyl (C=O) groups is 2. The van der Waals surface area contributed by atoms with Crippen molar-refractivity contribution in [3.63, 3.8) is 0 Å². The van der Waals surface area contributed by atoms with Crippen molar-refractivity contribution in [1.29, 1.82) is 0 Å². The molecule has 1 unspecified atom stereocenters. The quantitative estimate of drug-likeness (QED) is 0.900. The highest BCUT2D eigenvalue weighted by molar-refractivity contribution is 5.79. The molecule has 0 saturated carbocycles. The van der Waals surface area contributed by atoms with E-state index in [9.17, 15) is 9.59 Å². The molecule has 0 radical (unpaired) electrons. The first-order chi connectivity index (χ1) is 11.2. The van der Waals surface area contributed by atoms with Crippen LogP contribution in [0, 0.1) is 0 Å².